The molecule has 0 spiro atoms. The largest absolute Gasteiger partial charge is 0.314 e. The molecule has 1 aliphatic rings. The number of rotatable bonds is 7. The molecule has 1 atom stereocenters. The normalized spacial score (nSPS) is 17.1. The number of benzene rings is 1. The van der Waals surface area contributed by atoms with Gasteiger partial charge in [0.1, 0.15) is 0 Å². The van der Waals surface area contributed by atoms with Gasteiger partial charge in [0, 0.05) is 6.04 Å². The molecule has 0 amide bonds. The van der Waals surface area contributed by atoms with Crippen LogP contribution in [0.25, 0.3) is 0 Å². The number of hydrogen-bond donors (Lipinski definition) is 1. The number of aryl methyl sites for hydroxylation is 2. The maximum Gasteiger partial charge on any atom is 0.00953 e. The van der Waals surface area contributed by atoms with Crippen LogP contribution in [-0.4, -0.2) is 12.6 Å². The predicted octanol–water partition coefficient (Wildman–Crippen LogP) is 3.71. The van der Waals surface area contributed by atoms with Gasteiger partial charge >= 0.3 is 0 Å². The van der Waals surface area contributed by atoms with Crippen molar-refractivity contribution in [2.45, 2.75) is 52.0 Å². The van der Waals surface area contributed by atoms with Crippen LogP contribution in [0.1, 0.15) is 43.7 Å². The van der Waals surface area contributed by atoms with Crippen molar-refractivity contribution in [2.24, 2.45) is 5.92 Å². The van der Waals surface area contributed by atoms with Gasteiger partial charge in [0.2, 0.25) is 0 Å². The maximum absolute atomic E-state index is 3.64. The number of hydrogen-bond acceptors (Lipinski definition) is 1. The van der Waals surface area contributed by atoms with Crippen LogP contribution in [-0.2, 0) is 6.42 Å². The Hall–Kier alpha value is -0.820. The summed E-state index contributed by atoms with van der Waals surface area (Å²) in [5, 5.41) is 3.64. The maximum atomic E-state index is 3.64. The fourth-order valence-corrected chi connectivity index (χ4v) is 2.66. The van der Waals surface area contributed by atoms with E-state index in [0.29, 0.717) is 0 Å². The Labute approximate surface area is 106 Å². The SMILES string of the molecule is CCNC(CCCc1cccc(C)c1)C1CC1. The number of nitrogens with one attached hydrogen (secondary N) is 1. The first-order valence-electron chi connectivity index (χ1n) is 7.08. The van der Waals surface area contributed by atoms with Crippen LogP contribution in [0.2, 0.25) is 0 Å². The molecule has 94 valence electrons. The Bertz CT molecular complexity index is 341. The summed E-state index contributed by atoms with van der Waals surface area (Å²) in [5.74, 6) is 0.979. The minimum absolute atomic E-state index is 0.782. The molecule has 0 radical (unpaired) electrons. The van der Waals surface area contributed by atoms with Gasteiger partial charge in [-0.1, -0.05) is 36.8 Å². The molecule has 1 fully saturated rings. The van der Waals surface area contributed by atoms with Crippen LogP contribution in [0.4, 0.5) is 0 Å². The average Bonchev–Trinajstić information content (AvgIpc) is 3.12. The first-order valence-corrected chi connectivity index (χ1v) is 7.08. The Morgan fingerprint density at radius 3 is 2.82 bits per heavy atom. The molecule has 1 aromatic rings. The monoisotopic (exact) mass is 231 g/mol. The Morgan fingerprint density at radius 2 is 2.18 bits per heavy atom. The summed E-state index contributed by atoms with van der Waals surface area (Å²) in [6.45, 7) is 5.51. The summed E-state index contributed by atoms with van der Waals surface area (Å²) in [5.41, 5.74) is 2.88. The molecule has 1 saturated carbocycles. The van der Waals surface area contributed by atoms with E-state index in [1.807, 2.05) is 0 Å². The summed E-state index contributed by atoms with van der Waals surface area (Å²) >= 11 is 0. The van der Waals surface area contributed by atoms with Crippen LogP contribution in [0.15, 0.2) is 24.3 Å². The van der Waals surface area contributed by atoms with Crippen molar-refractivity contribution in [3.63, 3.8) is 0 Å². The van der Waals surface area contributed by atoms with Crippen molar-refractivity contribution >= 4 is 0 Å². The van der Waals surface area contributed by atoms with Gasteiger partial charge in [-0.25, -0.2) is 0 Å². The molecule has 17 heavy (non-hydrogen) atoms. The Morgan fingerprint density at radius 1 is 1.35 bits per heavy atom. The lowest BCUT2D eigenvalue weighted by molar-refractivity contribution is 0.434. The quantitative estimate of drug-likeness (QED) is 0.754. The van der Waals surface area contributed by atoms with Crippen molar-refractivity contribution in [2.75, 3.05) is 6.54 Å². The summed E-state index contributed by atoms with van der Waals surface area (Å²) in [6, 6.07) is 9.71. The molecular formula is C16H25N. The van der Waals surface area contributed by atoms with Gasteiger partial charge in [-0.3, -0.25) is 0 Å². The fraction of sp³-hybridized carbons (Fsp3) is 0.625. The zero-order valence-electron chi connectivity index (χ0n) is 11.2. The van der Waals surface area contributed by atoms with Gasteiger partial charge < -0.3 is 5.32 Å². The summed E-state index contributed by atoms with van der Waals surface area (Å²) in [6.07, 6.45) is 6.78. The minimum atomic E-state index is 0.782. The van der Waals surface area contributed by atoms with Gasteiger partial charge in [-0.2, -0.15) is 0 Å². The molecule has 1 nitrogen and oxygen atoms in total. The molecule has 0 saturated heterocycles. The third-order valence-corrected chi connectivity index (χ3v) is 3.72. The second kappa shape index (κ2) is 6.20. The highest BCUT2D eigenvalue weighted by Gasteiger charge is 2.29. The van der Waals surface area contributed by atoms with Crippen LogP contribution in [0.5, 0.6) is 0 Å². The third-order valence-electron chi connectivity index (χ3n) is 3.72. The minimum Gasteiger partial charge on any atom is -0.314 e. The molecule has 1 unspecified atom stereocenters. The average molecular weight is 231 g/mol. The highest BCUT2D eigenvalue weighted by Crippen LogP contribution is 2.34. The standard InChI is InChI=1S/C16H25N/c1-3-17-16(15-10-11-15)9-5-8-14-7-4-6-13(2)12-14/h4,6-7,12,15-17H,3,5,8-11H2,1-2H3. The van der Waals surface area contributed by atoms with E-state index in [0.717, 1.165) is 18.5 Å². The van der Waals surface area contributed by atoms with Crippen LogP contribution in [0, 0.1) is 12.8 Å². The molecule has 0 bridgehead atoms. The lowest BCUT2D eigenvalue weighted by Gasteiger charge is -2.16. The molecular weight excluding hydrogens is 206 g/mol. The van der Waals surface area contributed by atoms with E-state index in [2.05, 4.69) is 43.4 Å². The topological polar surface area (TPSA) is 12.0 Å². The van der Waals surface area contributed by atoms with Crippen LogP contribution in [0.3, 0.4) is 0 Å². The van der Waals surface area contributed by atoms with Gasteiger partial charge in [-0.15, -0.1) is 0 Å². The van der Waals surface area contributed by atoms with Gasteiger partial charge in [-0.05, 0) is 57.1 Å². The molecule has 1 aromatic carbocycles. The summed E-state index contributed by atoms with van der Waals surface area (Å²) < 4.78 is 0. The third kappa shape index (κ3) is 4.16. The first-order chi connectivity index (χ1) is 8.29. The zero-order chi connectivity index (χ0) is 12.1. The van der Waals surface area contributed by atoms with Crippen molar-refractivity contribution in [3.05, 3.63) is 35.4 Å². The molecule has 0 aromatic heterocycles. The van der Waals surface area contributed by atoms with E-state index in [4.69, 9.17) is 0 Å². The molecule has 0 heterocycles. The summed E-state index contributed by atoms with van der Waals surface area (Å²) in [7, 11) is 0. The smallest absolute Gasteiger partial charge is 0.00953 e. The van der Waals surface area contributed by atoms with Crippen molar-refractivity contribution in [1.82, 2.24) is 5.32 Å². The first kappa shape index (κ1) is 12.6. The van der Waals surface area contributed by atoms with Gasteiger partial charge in [0.25, 0.3) is 0 Å². The van der Waals surface area contributed by atoms with Gasteiger partial charge in [0.15, 0.2) is 0 Å². The molecule has 1 N–H and O–H groups in total. The van der Waals surface area contributed by atoms with E-state index in [-0.39, 0.29) is 0 Å². The molecule has 1 heteroatoms. The predicted molar refractivity (Wildman–Crippen MR) is 74.3 cm³/mol. The lowest BCUT2D eigenvalue weighted by Crippen LogP contribution is -2.30. The Kier molecular flexibility index (Phi) is 4.61. The zero-order valence-corrected chi connectivity index (χ0v) is 11.2. The van der Waals surface area contributed by atoms with E-state index in [1.165, 1.54) is 43.2 Å². The lowest BCUT2D eigenvalue weighted by atomic mass is 10.0. The van der Waals surface area contributed by atoms with E-state index in [1.54, 1.807) is 0 Å². The second-order valence-electron chi connectivity index (χ2n) is 5.38. The van der Waals surface area contributed by atoms with E-state index >= 15 is 0 Å². The van der Waals surface area contributed by atoms with Crippen molar-refractivity contribution in [3.8, 4) is 0 Å². The van der Waals surface area contributed by atoms with Crippen molar-refractivity contribution < 1.29 is 0 Å². The molecule has 0 aliphatic heterocycles. The van der Waals surface area contributed by atoms with Crippen LogP contribution >= 0.6 is 0 Å². The van der Waals surface area contributed by atoms with Crippen molar-refractivity contribution in [1.29, 1.82) is 0 Å². The molecule has 1 aliphatic carbocycles. The fourth-order valence-electron chi connectivity index (χ4n) is 2.66. The highest BCUT2D eigenvalue weighted by molar-refractivity contribution is 5.22. The van der Waals surface area contributed by atoms with E-state index < -0.39 is 0 Å². The van der Waals surface area contributed by atoms with Gasteiger partial charge in [0.05, 0.1) is 0 Å². The summed E-state index contributed by atoms with van der Waals surface area (Å²) in [4.78, 5) is 0. The van der Waals surface area contributed by atoms with Crippen LogP contribution < -0.4 is 5.32 Å². The van der Waals surface area contributed by atoms with E-state index in [9.17, 15) is 0 Å². The highest BCUT2D eigenvalue weighted by atomic mass is 14.9. The molecule has 2 rings (SSSR count). The second-order valence-corrected chi connectivity index (χ2v) is 5.38. The Balaban J connectivity index is 1.74.